The molecule has 0 aliphatic heterocycles. The number of nitrogens with zero attached hydrogens (tertiary/aromatic N) is 2. The van der Waals surface area contributed by atoms with E-state index in [1.54, 1.807) is 6.07 Å². The first-order chi connectivity index (χ1) is 9.84. The van der Waals surface area contributed by atoms with Gasteiger partial charge in [-0.1, -0.05) is 0 Å². The summed E-state index contributed by atoms with van der Waals surface area (Å²) >= 11 is 4.74. The van der Waals surface area contributed by atoms with Crippen LogP contribution in [-0.4, -0.2) is 19.8 Å². The van der Waals surface area contributed by atoms with E-state index in [1.807, 2.05) is 11.4 Å². The Kier molecular flexibility index (Phi) is 4.78. The largest absolute Gasteiger partial charge is 0.243 e. The summed E-state index contributed by atoms with van der Waals surface area (Å²) in [6, 6.07) is 6.67. The summed E-state index contributed by atoms with van der Waals surface area (Å²) in [4.78, 5) is 0.772. The minimum atomic E-state index is -3.77. The molecule has 2 aromatic rings. The number of thiophene rings is 1. The first-order valence-corrected chi connectivity index (χ1v) is 8.85. The number of benzene rings is 1. The zero-order valence-corrected chi connectivity index (χ0v) is 14.1. The number of halogens is 2. The van der Waals surface area contributed by atoms with Crippen molar-refractivity contribution in [1.82, 2.24) is 4.31 Å². The average molecular weight is 389 g/mol. The van der Waals surface area contributed by atoms with Gasteiger partial charge in [0, 0.05) is 28.3 Å². The third-order valence-corrected chi connectivity index (χ3v) is 6.25. The lowest BCUT2D eigenvalue weighted by molar-refractivity contribution is 0.469. The summed E-state index contributed by atoms with van der Waals surface area (Å²) in [7, 11) is -2.33. The lowest BCUT2D eigenvalue weighted by Crippen LogP contribution is -2.26. The van der Waals surface area contributed by atoms with Crippen molar-refractivity contribution < 1.29 is 12.8 Å². The molecule has 0 amide bonds. The van der Waals surface area contributed by atoms with Gasteiger partial charge in [0.2, 0.25) is 10.0 Å². The number of hydrogen-bond donors (Lipinski definition) is 0. The Bertz CT molecular complexity index is 812. The molecule has 8 heteroatoms. The predicted octanol–water partition coefficient (Wildman–Crippen LogP) is 3.34. The molecule has 0 spiro atoms. The van der Waals surface area contributed by atoms with Crippen molar-refractivity contribution in [2.45, 2.75) is 11.4 Å². The van der Waals surface area contributed by atoms with Gasteiger partial charge in [-0.05, 0) is 40.2 Å². The number of rotatable bonds is 4. The third kappa shape index (κ3) is 3.49. The second-order valence-corrected chi connectivity index (χ2v) is 8.20. The fraction of sp³-hybridized carbons (Fsp3) is 0.154. The van der Waals surface area contributed by atoms with Crippen LogP contribution < -0.4 is 0 Å². The van der Waals surface area contributed by atoms with E-state index in [-0.39, 0.29) is 17.0 Å². The highest BCUT2D eigenvalue weighted by Gasteiger charge is 2.22. The van der Waals surface area contributed by atoms with Crippen LogP contribution in [0.4, 0.5) is 4.39 Å². The van der Waals surface area contributed by atoms with Crippen LogP contribution >= 0.6 is 27.3 Å². The first kappa shape index (κ1) is 16.1. The minimum absolute atomic E-state index is 0.0985. The summed E-state index contributed by atoms with van der Waals surface area (Å²) in [5, 5.41) is 10.6. The van der Waals surface area contributed by atoms with E-state index < -0.39 is 15.8 Å². The van der Waals surface area contributed by atoms with Crippen LogP contribution in [0, 0.1) is 17.1 Å². The molecule has 0 unspecified atom stereocenters. The van der Waals surface area contributed by atoms with Gasteiger partial charge in [-0.15, -0.1) is 11.3 Å². The second kappa shape index (κ2) is 6.23. The highest BCUT2D eigenvalue weighted by Crippen LogP contribution is 2.24. The fourth-order valence-corrected chi connectivity index (χ4v) is 4.43. The van der Waals surface area contributed by atoms with E-state index in [1.165, 1.54) is 22.7 Å². The molecule has 1 heterocycles. The Hall–Kier alpha value is -1.27. The van der Waals surface area contributed by atoms with Gasteiger partial charge in [-0.2, -0.15) is 9.57 Å². The van der Waals surface area contributed by atoms with E-state index in [9.17, 15) is 12.8 Å². The molecule has 0 aliphatic carbocycles. The lowest BCUT2D eigenvalue weighted by atomic mass is 10.2. The summed E-state index contributed by atoms with van der Waals surface area (Å²) < 4.78 is 40.2. The van der Waals surface area contributed by atoms with E-state index >= 15 is 0 Å². The van der Waals surface area contributed by atoms with Crippen LogP contribution in [0.1, 0.15) is 10.4 Å². The molecule has 110 valence electrons. The maximum atomic E-state index is 13.3. The standard InChI is InChI=1S/C13H10BrFN2O2S2/c1-17(7-11-5-10(14)8-20-11)21(18,19)12-2-3-13(15)9(4-12)6-16/h2-5,8H,7H2,1H3. The number of sulfonamides is 1. The summed E-state index contributed by atoms with van der Waals surface area (Å²) in [6.45, 7) is 0.206. The monoisotopic (exact) mass is 388 g/mol. The quantitative estimate of drug-likeness (QED) is 0.806. The number of hydrogen-bond acceptors (Lipinski definition) is 4. The van der Waals surface area contributed by atoms with E-state index in [0.717, 1.165) is 27.5 Å². The van der Waals surface area contributed by atoms with Gasteiger partial charge in [0.05, 0.1) is 10.5 Å². The SMILES string of the molecule is CN(Cc1cc(Br)cs1)S(=O)(=O)c1ccc(F)c(C#N)c1. The van der Waals surface area contributed by atoms with Gasteiger partial charge in [0.1, 0.15) is 11.9 Å². The molecule has 0 atom stereocenters. The molecular weight excluding hydrogens is 379 g/mol. The smallest absolute Gasteiger partial charge is 0.207 e. The Labute approximate surface area is 134 Å². The molecule has 1 aromatic carbocycles. The molecule has 0 saturated carbocycles. The molecule has 21 heavy (non-hydrogen) atoms. The highest BCUT2D eigenvalue weighted by atomic mass is 79.9. The maximum Gasteiger partial charge on any atom is 0.243 e. The Morgan fingerprint density at radius 2 is 2.14 bits per heavy atom. The Morgan fingerprint density at radius 1 is 1.43 bits per heavy atom. The van der Waals surface area contributed by atoms with E-state index in [2.05, 4.69) is 15.9 Å². The third-order valence-electron chi connectivity index (χ3n) is 2.77. The van der Waals surface area contributed by atoms with Gasteiger partial charge >= 0.3 is 0 Å². The van der Waals surface area contributed by atoms with Crippen molar-refractivity contribution in [1.29, 1.82) is 5.26 Å². The Morgan fingerprint density at radius 3 is 2.71 bits per heavy atom. The van der Waals surface area contributed by atoms with Gasteiger partial charge in [0.15, 0.2) is 0 Å². The van der Waals surface area contributed by atoms with Crippen LogP contribution in [-0.2, 0) is 16.6 Å². The zero-order chi connectivity index (χ0) is 15.6. The molecule has 1 aromatic heterocycles. The van der Waals surface area contributed by atoms with Crippen LogP contribution in [0.5, 0.6) is 0 Å². The van der Waals surface area contributed by atoms with Gasteiger partial charge < -0.3 is 0 Å². The molecule has 0 fully saturated rings. The predicted molar refractivity (Wildman–Crippen MR) is 81.8 cm³/mol. The van der Waals surface area contributed by atoms with Gasteiger partial charge in [-0.25, -0.2) is 12.8 Å². The molecule has 2 rings (SSSR count). The first-order valence-electron chi connectivity index (χ1n) is 5.73. The Balaban J connectivity index is 2.31. The molecule has 0 bridgehead atoms. The second-order valence-electron chi connectivity index (χ2n) is 4.25. The maximum absolute atomic E-state index is 13.3. The lowest BCUT2D eigenvalue weighted by Gasteiger charge is -2.16. The molecule has 4 nitrogen and oxygen atoms in total. The van der Waals surface area contributed by atoms with Crippen LogP contribution in [0.2, 0.25) is 0 Å². The molecule has 0 radical (unpaired) electrons. The number of nitriles is 1. The summed E-state index contributed by atoms with van der Waals surface area (Å²) in [6.07, 6.45) is 0. The zero-order valence-electron chi connectivity index (χ0n) is 10.9. The van der Waals surface area contributed by atoms with Crippen LogP contribution in [0.15, 0.2) is 39.0 Å². The van der Waals surface area contributed by atoms with E-state index in [0.29, 0.717) is 0 Å². The fourth-order valence-electron chi connectivity index (χ4n) is 1.67. The van der Waals surface area contributed by atoms with E-state index in [4.69, 9.17) is 5.26 Å². The normalized spacial score (nSPS) is 11.6. The van der Waals surface area contributed by atoms with Crippen molar-refractivity contribution >= 4 is 37.3 Å². The molecule has 0 N–H and O–H groups in total. The van der Waals surface area contributed by atoms with Crippen molar-refractivity contribution in [3.05, 3.63) is 50.4 Å². The minimum Gasteiger partial charge on any atom is -0.207 e. The highest BCUT2D eigenvalue weighted by molar-refractivity contribution is 9.10. The van der Waals surface area contributed by atoms with Crippen LogP contribution in [0.25, 0.3) is 0 Å². The van der Waals surface area contributed by atoms with Crippen molar-refractivity contribution in [2.24, 2.45) is 0 Å². The molecular formula is C13H10BrFN2O2S2. The average Bonchev–Trinajstić information content (AvgIpc) is 2.84. The summed E-state index contributed by atoms with van der Waals surface area (Å²) in [5.74, 6) is -0.735. The van der Waals surface area contributed by atoms with Gasteiger partial charge in [0.25, 0.3) is 0 Å². The summed E-state index contributed by atoms with van der Waals surface area (Å²) in [5.41, 5.74) is -0.289. The van der Waals surface area contributed by atoms with Crippen molar-refractivity contribution in [3.8, 4) is 6.07 Å². The molecule has 0 aliphatic rings. The van der Waals surface area contributed by atoms with Crippen molar-refractivity contribution in [2.75, 3.05) is 7.05 Å². The van der Waals surface area contributed by atoms with Crippen molar-refractivity contribution in [3.63, 3.8) is 0 Å². The topological polar surface area (TPSA) is 61.2 Å². The van der Waals surface area contributed by atoms with Crippen LogP contribution in [0.3, 0.4) is 0 Å². The molecule has 0 saturated heterocycles. The van der Waals surface area contributed by atoms with Gasteiger partial charge in [-0.3, -0.25) is 0 Å².